The molecule has 1 aromatic carbocycles. The first-order valence-corrected chi connectivity index (χ1v) is 7.97. The molecule has 2 aromatic rings. The largest absolute Gasteiger partial charge is 0.359 e. The van der Waals surface area contributed by atoms with Crippen molar-refractivity contribution in [3.63, 3.8) is 0 Å². The zero-order valence-electron chi connectivity index (χ0n) is 13.0. The van der Waals surface area contributed by atoms with Crippen LogP contribution < -0.4 is 5.32 Å². The standard InChI is InChI=1S/C19H20N2O/c1-11-6-7-18-15(8-11)16(19(22)21-18)10-13-9-14-12(2)4-3-5-17(14)20-13/h6-10,12,20H,3-5H2,1-2H3,(H,21,22). The van der Waals surface area contributed by atoms with E-state index in [9.17, 15) is 4.79 Å². The number of carbonyl (C=O) groups is 1. The first-order chi connectivity index (χ1) is 10.6. The van der Waals surface area contributed by atoms with Crippen LogP contribution in [-0.4, -0.2) is 10.9 Å². The van der Waals surface area contributed by atoms with E-state index in [4.69, 9.17) is 0 Å². The molecule has 0 spiro atoms. The molecule has 0 saturated heterocycles. The van der Waals surface area contributed by atoms with Gasteiger partial charge in [0.05, 0.1) is 5.57 Å². The first-order valence-electron chi connectivity index (χ1n) is 7.97. The van der Waals surface area contributed by atoms with Gasteiger partial charge in [-0.25, -0.2) is 0 Å². The molecule has 1 amide bonds. The van der Waals surface area contributed by atoms with Gasteiger partial charge in [-0.05, 0) is 61.9 Å². The van der Waals surface area contributed by atoms with E-state index < -0.39 is 0 Å². The van der Waals surface area contributed by atoms with Crippen LogP contribution in [0.15, 0.2) is 24.3 Å². The Bertz CT molecular complexity index is 798. The van der Waals surface area contributed by atoms with Crippen molar-refractivity contribution in [1.29, 1.82) is 0 Å². The molecule has 2 heterocycles. The molecule has 112 valence electrons. The molecule has 4 rings (SSSR count). The van der Waals surface area contributed by atoms with Crippen LogP contribution in [0.25, 0.3) is 11.6 Å². The highest BCUT2D eigenvalue weighted by atomic mass is 16.2. The average molecular weight is 292 g/mol. The summed E-state index contributed by atoms with van der Waals surface area (Å²) >= 11 is 0. The maximum Gasteiger partial charge on any atom is 0.256 e. The third-order valence-corrected chi connectivity index (χ3v) is 4.81. The van der Waals surface area contributed by atoms with Gasteiger partial charge < -0.3 is 10.3 Å². The van der Waals surface area contributed by atoms with Crippen LogP contribution in [0.5, 0.6) is 0 Å². The van der Waals surface area contributed by atoms with Gasteiger partial charge in [0.2, 0.25) is 0 Å². The number of aromatic amines is 1. The Labute approximate surface area is 130 Å². The zero-order valence-corrected chi connectivity index (χ0v) is 13.0. The van der Waals surface area contributed by atoms with Crippen molar-refractivity contribution >= 4 is 23.2 Å². The highest BCUT2D eigenvalue weighted by Gasteiger charge is 2.25. The molecule has 1 aliphatic carbocycles. The van der Waals surface area contributed by atoms with E-state index in [0.717, 1.165) is 28.9 Å². The predicted molar refractivity (Wildman–Crippen MR) is 89.8 cm³/mol. The van der Waals surface area contributed by atoms with Crippen LogP contribution >= 0.6 is 0 Å². The molecular formula is C19H20N2O. The van der Waals surface area contributed by atoms with Crippen LogP contribution in [0, 0.1) is 6.92 Å². The minimum atomic E-state index is -0.0128. The summed E-state index contributed by atoms with van der Waals surface area (Å²) in [6.45, 7) is 4.33. The summed E-state index contributed by atoms with van der Waals surface area (Å²) in [6, 6.07) is 8.29. The Kier molecular flexibility index (Phi) is 2.96. The molecule has 1 atom stereocenters. The van der Waals surface area contributed by atoms with E-state index in [1.165, 1.54) is 29.7 Å². The second kappa shape index (κ2) is 4.87. The number of carbonyl (C=O) groups excluding carboxylic acids is 1. The number of fused-ring (bicyclic) bond motifs is 2. The number of aryl methyl sites for hydroxylation is 2. The quantitative estimate of drug-likeness (QED) is 0.758. The smallest absolute Gasteiger partial charge is 0.256 e. The highest BCUT2D eigenvalue weighted by molar-refractivity contribution is 6.34. The number of H-pyrrole nitrogens is 1. The maximum atomic E-state index is 12.3. The van der Waals surface area contributed by atoms with Crippen molar-refractivity contribution in [2.45, 2.75) is 39.0 Å². The maximum absolute atomic E-state index is 12.3. The van der Waals surface area contributed by atoms with E-state index in [2.05, 4.69) is 36.3 Å². The number of benzene rings is 1. The monoisotopic (exact) mass is 292 g/mol. The van der Waals surface area contributed by atoms with Gasteiger partial charge in [0.25, 0.3) is 5.91 Å². The molecule has 3 heteroatoms. The number of hydrogen-bond donors (Lipinski definition) is 2. The van der Waals surface area contributed by atoms with Crippen molar-refractivity contribution in [3.8, 4) is 0 Å². The van der Waals surface area contributed by atoms with Crippen LogP contribution in [0.1, 0.15) is 53.8 Å². The molecule has 2 N–H and O–H groups in total. The molecule has 0 radical (unpaired) electrons. The fraction of sp³-hybridized carbons (Fsp3) is 0.316. The molecular weight excluding hydrogens is 272 g/mol. The number of anilines is 1. The Morgan fingerprint density at radius 3 is 2.95 bits per heavy atom. The summed E-state index contributed by atoms with van der Waals surface area (Å²) < 4.78 is 0. The molecule has 1 aliphatic heterocycles. The number of amides is 1. The minimum absolute atomic E-state index is 0.0128. The summed E-state index contributed by atoms with van der Waals surface area (Å²) in [5.74, 6) is 0.598. The highest BCUT2D eigenvalue weighted by Crippen LogP contribution is 2.36. The lowest BCUT2D eigenvalue weighted by Gasteiger charge is -2.17. The van der Waals surface area contributed by atoms with E-state index in [0.29, 0.717) is 5.92 Å². The van der Waals surface area contributed by atoms with Gasteiger partial charge in [-0.15, -0.1) is 0 Å². The van der Waals surface area contributed by atoms with Crippen molar-refractivity contribution < 1.29 is 4.79 Å². The van der Waals surface area contributed by atoms with Crippen LogP contribution in [-0.2, 0) is 11.2 Å². The van der Waals surface area contributed by atoms with Crippen molar-refractivity contribution in [1.82, 2.24) is 4.98 Å². The summed E-state index contributed by atoms with van der Waals surface area (Å²) in [6.07, 6.45) is 5.60. The molecule has 0 bridgehead atoms. The lowest BCUT2D eigenvalue weighted by molar-refractivity contribution is -0.110. The van der Waals surface area contributed by atoms with Gasteiger partial charge >= 0.3 is 0 Å². The Morgan fingerprint density at radius 1 is 1.27 bits per heavy atom. The molecule has 3 nitrogen and oxygen atoms in total. The summed E-state index contributed by atoms with van der Waals surface area (Å²) in [4.78, 5) is 15.8. The number of nitrogens with one attached hydrogen (secondary N) is 2. The fourth-order valence-corrected chi connectivity index (χ4v) is 3.60. The van der Waals surface area contributed by atoms with E-state index in [1.54, 1.807) is 0 Å². The van der Waals surface area contributed by atoms with Gasteiger partial charge in [0.1, 0.15) is 0 Å². The predicted octanol–water partition coefficient (Wildman–Crippen LogP) is 4.26. The van der Waals surface area contributed by atoms with Crippen molar-refractivity contribution in [2.75, 3.05) is 5.32 Å². The molecule has 2 aliphatic rings. The zero-order chi connectivity index (χ0) is 15.3. The summed E-state index contributed by atoms with van der Waals surface area (Å²) in [5.41, 5.74) is 7.63. The fourth-order valence-electron chi connectivity index (χ4n) is 3.60. The topological polar surface area (TPSA) is 44.9 Å². The minimum Gasteiger partial charge on any atom is -0.359 e. The normalized spacial score (nSPS) is 21.6. The SMILES string of the molecule is Cc1ccc2c(c1)C(=Cc1cc3c([nH]1)CCCC3C)C(=O)N2. The molecule has 0 saturated carbocycles. The Balaban J connectivity index is 1.78. The van der Waals surface area contributed by atoms with Gasteiger partial charge in [0.15, 0.2) is 0 Å². The Hall–Kier alpha value is -2.29. The molecule has 1 aromatic heterocycles. The first kappa shape index (κ1) is 13.4. The number of aromatic nitrogens is 1. The average Bonchev–Trinajstić information content (AvgIpc) is 3.03. The third kappa shape index (κ3) is 2.08. The van der Waals surface area contributed by atoms with Gasteiger partial charge in [-0.1, -0.05) is 18.6 Å². The van der Waals surface area contributed by atoms with E-state index in [-0.39, 0.29) is 5.91 Å². The Morgan fingerprint density at radius 2 is 2.14 bits per heavy atom. The van der Waals surface area contributed by atoms with Crippen LogP contribution in [0.4, 0.5) is 5.69 Å². The molecule has 0 fully saturated rings. The summed E-state index contributed by atoms with van der Waals surface area (Å²) in [5, 5.41) is 2.94. The van der Waals surface area contributed by atoms with Gasteiger partial charge in [-0.2, -0.15) is 0 Å². The second-order valence-corrected chi connectivity index (χ2v) is 6.51. The molecule has 1 unspecified atom stereocenters. The summed E-state index contributed by atoms with van der Waals surface area (Å²) in [7, 11) is 0. The van der Waals surface area contributed by atoms with Crippen LogP contribution in [0.3, 0.4) is 0 Å². The van der Waals surface area contributed by atoms with Gasteiger partial charge in [-0.3, -0.25) is 4.79 Å². The second-order valence-electron chi connectivity index (χ2n) is 6.51. The lowest BCUT2D eigenvalue weighted by atomic mass is 9.88. The number of rotatable bonds is 1. The van der Waals surface area contributed by atoms with Gasteiger partial charge in [0, 0.05) is 22.6 Å². The van der Waals surface area contributed by atoms with E-state index in [1.807, 2.05) is 18.2 Å². The van der Waals surface area contributed by atoms with E-state index >= 15 is 0 Å². The van der Waals surface area contributed by atoms with Crippen molar-refractivity contribution in [3.05, 3.63) is 52.3 Å². The third-order valence-electron chi connectivity index (χ3n) is 4.81. The number of hydrogen-bond acceptors (Lipinski definition) is 1. The van der Waals surface area contributed by atoms with Crippen molar-refractivity contribution in [2.24, 2.45) is 0 Å². The lowest BCUT2D eigenvalue weighted by Crippen LogP contribution is -2.04. The molecule has 22 heavy (non-hydrogen) atoms. The van der Waals surface area contributed by atoms with Crippen LogP contribution in [0.2, 0.25) is 0 Å².